The Morgan fingerprint density at radius 1 is 1.33 bits per heavy atom. The number of aromatic nitrogens is 2. The van der Waals surface area contributed by atoms with E-state index in [0.29, 0.717) is 11.5 Å². The second-order valence-electron chi connectivity index (χ2n) is 3.43. The van der Waals surface area contributed by atoms with E-state index in [9.17, 15) is 8.42 Å². The second kappa shape index (κ2) is 4.58. The van der Waals surface area contributed by atoms with E-state index < -0.39 is 9.05 Å². The fraction of sp³-hybridized carbons (Fsp3) is 0.200. The Kier molecular flexibility index (Phi) is 3.27. The molecule has 0 aliphatic rings. The molecule has 0 fully saturated rings. The molecule has 0 aliphatic heterocycles. The maximum atomic E-state index is 11.4. The number of halogens is 1. The van der Waals surface area contributed by atoms with Gasteiger partial charge in [0.1, 0.15) is 10.6 Å². The van der Waals surface area contributed by atoms with Crippen LogP contribution in [0.4, 0.5) is 0 Å². The lowest BCUT2D eigenvalue weighted by Crippen LogP contribution is -1.96. The van der Waals surface area contributed by atoms with Crippen LogP contribution in [0.1, 0.15) is 5.89 Å². The number of nitrogens with zero attached hydrogens (tertiary/aromatic N) is 2. The highest BCUT2D eigenvalue weighted by Crippen LogP contribution is 2.31. The molecular formula is C10H9ClN2O4S. The molecule has 0 bridgehead atoms. The molecule has 2 rings (SSSR count). The number of hydrogen-bond donors (Lipinski definition) is 0. The normalized spacial score (nSPS) is 11.5. The standard InChI is InChI=1S/C10H9ClN2O4S/c1-6-12-13-10(17-6)7-3-4-8(16-2)9(5-7)18(11,14)15/h3-5H,1-2H3. The topological polar surface area (TPSA) is 82.3 Å². The van der Waals surface area contributed by atoms with Crippen LogP contribution in [-0.2, 0) is 9.05 Å². The molecule has 0 aliphatic carbocycles. The highest BCUT2D eigenvalue weighted by molar-refractivity contribution is 8.13. The molecule has 1 heterocycles. The third-order valence-electron chi connectivity index (χ3n) is 2.20. The summed E-state index contributed by atoms with van der Waals surface area (Å²) >= 11 is 0. The predicted molar refractivity (Wildman–Crippen MR) is 64.1 cm³/mol. The quantitative estimate of drug-likeness (QED) is 0.803. The van der Waals surface area contributed by atoms with Crippen molar-refractivity contribution in [1.82, 2.24) is 10.2 Å². The minimum absolute atomic E-state index is 0.139. The number of rotatable bonds is 3. The minimum atomic E-state index is -3.91. The Morgan fingerprint density at radius 2 is 2.06 bits per heavy atom. The lowest BCUT2D eigenvalue weighted by molar-refractivity contribution is 0.403. The van der Waals surface area contributed by atoms with Crippen LogP contribution in [0.2, 0.25) is 0 Å². The number of hydrogen-bond acceptors (Lipinski definition) is 6. The molecular weight excluding hydrogens is 280 g/mol. The van der Waals surface area contributed by atoms with Crippen molar-refractivity contribution in [3.05, 3.63) is 24.1 Å². The van der Waals surface area contributed by atoms with Crippen LogP contribution < -0.4 is 4.74 Å². The third-order valence-corrected chi connectivity index (χ3v) is 3.54. The van der Waals surface area contributed by atoms with Crippen molar-refractivity contribution >= 4 is 19.7 Å². The first-order valence-corrected chi connectivity index (χ1v) is 7.16. The summed E-state index contributed by atoms with van der Waals surface area (Å²) in [5.74, 6) is 0.762. The molecule has 0 saturated carbocycles. The first-order valence-electron chi connectivity index (χ1n) is 4.85. The Balaban J connectivity index is 2.60. The molecule has 0 saturated heterocycles. The predicted octanol–water partition coefficient (Wildman–Crippen LogP) is 1.98. The fourth-order valence-electron chi connectivity index (χ4n) is 1.41. The average Bonchev–Trinajstić information content (AvgIpc) is 2.74. The van der Waals surface area contributed by atoms with Gasteiger partial charge in [0.05, 0.1) is 7.11 Å². The van der Waals surface area contributed by atoms with Crippen LogP contribution in [0, 0.1) is 6.92 Å². The summed E-state index contributed by atoms with van der Waals surface area (Å²) in [5.41, 5.74) is 0.454. The highest BCUT2D eigenvalue weighted by atomic mass is 35.7. The summed E-state index contributed by atoms with van der Waals surface area (Å²) in [4.78, 5) is -0.139. The van der Waals surface area contributed by atoms with E-state index >= 15 is 0 Å². The molecule has 18 heavy (non-hydrogen) atoms. The first-order chi connectivity index (χ1) is 8.41. The van der Waals surface area contributed by atoms with Crippen LogP contribution in [0.5, 0.6) is 5.75 Å². The van der Waals surface area contributed by atoms with Gasteiger partial charge in [-0.15, -0.1) is 10.2 Å². The molecule has 96 valence electrons. The Labute approximate surface area is 108 Å². The van der Waals surface area contributed by atoms with E-state index in [1.165, 1.54) is 19.2 Å². The number of aryl methyl sites for hydroxylation is 1. The monoisotopic (exact) mass is 288 g/mol. The molecule has 8 heteroatoms. The maximum absolute atomic E-state index is 11.4. The molecule has 0 radical (unpaired) electrons. The van der Waals surface area contributed by atoms with Gasteiger partial charge in [-0.3, -0.25) is 0 Å². The molecule has 0 atom stereocenters. The van der Waals surface area contributed by atoms with Gasteiger partial charge in [-0.25, -0.2) is 8.42 Å². The first kappa shape index (κ1) is 12.8. The fourth-order valence-corrected chi connectivity index (χ4v) is 2.43. The van der Waals surface area contributed by atoms with Gasteiger partial charge >= 0.3 is 0 Å². The van der Waals surface area contributed by atoms with Crippen molar-refractivity contribution in [2.75, 3.05) is 7.11 Å². The van der Waals surface area contributed by atoms with Crippen molar-refractivity contribution in [3.8, 4) is 17.2 Å². The van der Waals surface area contributed by atoms with E-state index in [4.69, 9.17) is 19.8 Å². The van der Waals surface area contributed by atoms with Crippen molar-refractivity contribution in [3.63, 3.8) is 0 Å². The highest BCUT2D eigenvalue weighted by Gasteiger charge is 2.19. The minimum Gasteiger partial charge on any atom is -0.495 e. The molecule has 0 unspecified atom stereocenters. The largest absolute Gasteiger partial charge is 0.495 e. The maximum Gasteiger partial charge on any atom is 0.265 e. The molecule has 2 aromatic rings. The van der Waals surface area contributed by atoms with Crippen molar-refractivity contribution in [2.24, 2.45) is 0 Å². The van der Waals surface area contributed by atoms with Gasteiger partial charge in [-0.1, -0.05) is 0 Å². The third kappa shape index (κ3) is 2.46. The van der Waals surface area contributed by atoms with Gasteiger partial charge < -0.3 is 9.15 Å². The summed E-state index contributed by atoms with van der Waals surface area (Å²) in [7, 11) is 2.78. The second-order valence-corrected chi connectivity index (χ2v) is 5.96. The summed E-state index contributed by atoms with van der Waals surface area (Å²) < 4.78 is 33.0. The summed E-state index contributed by atoms with van der Waals surface area (Å²) in [6.07, 6.45) is 0. The van der Waals surface area contributed by atoms with Gasteiger partial charge in [0, 0.05) is 23.2 Å². The van der Waals surface area contributed by atoms with Crippen LogP contribution in [0.15, 0.2) is 27.5 Å². The Hall–Kier alpha value is -1.60. The van der Waals surface area contributed by atoms with Crippen LogP contribution in [-0.4, -0.2) is 25.7 Å². The number of methoxy groups -OCH3 is 1. The van der Waals surface area contributed by atoms with Crippen LogP contribution >= 0.6 is 10.7 Å². The smallest absolute Gasteiger partial charge is 0.265 e. The molecule has 0 spiro atoms. The van der Waals surface area contributed by atoms with E-state index in [0.717, 1.165) is 0 Å². The van der Waals surface area contributed by atoms with E-state index in [1.54, 1.807) is 13.0 Å². The van der Waals surface area contributed by atoms with Crippen molar-refractivity contribution in [2.45, 2.75) is 11.8 Å². The van der Waals surface area contributed by atoms with Gasteiger partial charge in [0.15, 0.2) is 0 Å². The van der Waals surface area contributed by atoms with Gasteiger partial charge in [-0.2, -0.15) is 0 Å². The molecule has 0 N–H and O–H groups in total. The SMILES string of the molecule is COc1ccc(-c2nnc(C)o2)cc1S(=O)(=O)Cl. The zero-order chi connectivity index (χ0) is 13.3. The average molecular weight is 289 g/mol. The Bertz CT molecular complexity index is 681. The molecule has 1 aromatic heterocycles. The van der Waals surface area contributed by atoms with Crippen molar-refractivity contribution in [1.29, 1.82) is 0 Å². The molecule has 1 aromatic carbocycles. The van der Waals surface area contributed by atoms with E-state index in [2.05, 4.69) is 10.2 Å². The van der Waals surface area contributed by atoms with Crippen LogP contribution in [0.3, 0.4) is 0 Å². The van der Waals surface area contributed by atoms with Crippen molar-refractivity contribution < 1.29 is 17.6 Å². The van der Waals surface area contributed by atoms with E-state index in [1.807, 2.05) is 0 Å². The molecule has 6 nitrogen and oxygen atoms in total. The van der Waals surface area contributed by atoms with E-state index in [-0.39, 0.29) is 16.5 Å². The zero-order valence-electron chi connectivity index (χ0n) is 9.55. The molecule has 0 amide bonds. The van der Waals surface area contributed by atoms with Crippen LogP contribution in [0.25, 0.3) is 11.5 Å². The summed E-state index contributed by atoms with van der Waals surface area (Å²) in [6, 6.07) is 4.41. The zero-order valence-corrected chi connectivity index (χ0v) is 11.1. The lowest BCUT2D eigenvalue weighted by atomic mass is 10.2. The number of ether oxygens (including phenoxy) is 1. The Morgan fingerprint density at radius 3 is 2.56 bits per heavy atom. The number of benzene rings is 1. The van der Waals surface area contributed by atoms with Gasteiger partial charge in [-0.05, 0) is 18.2 Å². The summed E-state index contributed by atoms with van der Waals surface area (Å²) in [6.45, 7) is 1.64. The van der Waals surface area contributed by atoms with Gasteiger partial charge in [0.2, 0.25) is 11.8 Å². The lowest BCUT2D eigenvalue weighted by Gasteiger charge is -2.06. The summed E-state index contributed by atoms with van der Waals surface area (Å²) in [5, 5.41) is 7.47. The van der Waals surface area contributed by atoms with Gasteiger partial charge in [0.25, 0.3) is 9.05 Å².